The molecule has 0 aliphatic heterocycles. The standard InChI is InChI=1S/C14H20S/c1-4-6-11-10(3)14-13(8-9-15-14)12(11)7-5-2/h8-9,12H,4-7H2,1-3H3. The number of thiophene rings is 1. The number of allylic oxidation sites excluding steroid dienone is 2. The molecule has 1 aliphatic rings. The van der Waals surface area contributed by atoms with Gasteiger partial charge in [-0.1, -0.05) is 32.3 Å². The molecule has 1 heterocycles. The molecule has 0 saturated heterocycles. The smallest absolute Gasteiger partial charge is 0.0337 e. The van der Waals surface area contributed by atoms with Crippen LogP contribution in [0.5, 0.6) is 0 Å². The third kappa shape index (κ3) is 1.78. The largest absolute Gasteiger partial charge is 0.144 e. The Kier molecular flexibility index (Phi) is 3.30. The normalized spacial score (nSPS) is 19.8. The zero-order valence-corrected chi connectivity index (χ0v) is 10.8. The molecule has 0 fully saturated rings. The van der Waals surface area contributed by atoms with Crippen LogP contribution in [-0.4, -0.2) is 0 Å². The Bertz CT molecular complexity index is 370. The number of hydrogen-bond acceptors (Lipinski definition) is 1. The topological polar surface area (TPSA) is 0 Å². The van der Waals surface area contributed by atoms with Gasteiger partial charge in [0, 0.05) is 10.8 Å². The maximum Gasteiger partial charge on any atom is 0.0337 e. The highest BCUT2D eigenvalue weighted by atomic mass is 32.1. The van der Waals surface area contributed by atoms with Crippen molar-refractivity contribution in [1.82, 2.24) is 0 Å². The average molecular weight is 220 g/mol. The Morgan fingerprint density at radius 1 is 1.27 bits per heavy atom. The van der Waals surface area contributed by atoms with Crippen molar-refractivity contribution in [3.8, 4) is 0 Å². The average Bonchev–Trinajstić information content (AvgIpc) is 2.77. The predicted molar refractivity (Wildman–Crippen MR) is 69.5 cm³/mol. The van der Waals surface area contributed by atoms with Gasteiger partial charge in [-0.25, -0.2) is 0 Å². The van der Waals surface area contributed by atoms with E-state index < -0.39 is 0 Å². The zero-order chi connectivity index (χ0) is 10.8. The van der Waals surface area contributed by atoms with Gasteiger partial charge in [-0.3, -0.25) is 0 Å². The highest BCUT2D eigenvalue weighted by Gasteiger charge is 2.28. The van der Waals surface area contributed by atoms with Gasteiger partial charge in [0.2, 0.25) is 0 Å². The lowest BCUT2D eigenvalue weighted by atomic mass is 9.90. The first-order valence-electron chi connectivity index (χ1n) is 6.07. The fourth-order valence-electron chi connectivity index (χ4n) is 2.74. The second-order valence-corrected chi connectivity index (χ2v) is 5.36. The minimum Gasteiger partial charge on any atom is -0.144 e. The van der Waals surface area contributed by atoms with Gasteiger partial charge in [-0.05, 0) is 42.3 Å². The van der Waals surface area contributed by atoms with E-state index in [1.165, 1.54) is 25.7 Å². The summed E-state index contributed by atoms with van der Waals surface area (Å²) in [6.45, 7) is 6.90. The van der Waals surface area contributed by atoms with Crippen molar-refractivity contribution in [1.29, 1.82) is 0 Å². The summed E-state index contributed by atoms with van der Waals surface area (Å²) in [5.74, 6) is 0.746. The second-order valence-electron chi connectivity index (χ2n) is 4.45. The van der Waals surface area contributed by atoms with Gasteiger partial charge < -0.3 is 0 Å². The molecule has 1 heteroatoms. The van der Waals surface area contributed by atoms with E-state index in [1.807, 2.05) is 11.3 Å². The molecule has 1 aromatic heterocycles. The van der Waals surface area contributed by atoms with Gasteiger partial charge in [-0.15, -0.1) is 11.3 Å². The Hall–Kier alpha value is -0.560. The molecule has 0 spiro atoms. The van der Waals surface area contributed by atoms with Gasteiger partial charge in [0.25, 0.3) is 0 Å². The molecule has 1 unspecified atom stereocenters. The molecule has 0 N–H and O–H groups in total. The van der Waals surface area contributed by atoms with Gasteiger partial charge in [-0.2, -0.15) is 0 Å². The first-order valence-corrected chi connectivity index (χ1v) is 6.94. The van der Waals surface area contributed by atoms with Crippen LogP contribution in [0.4, 0.5) is 0 Å². The number of hydrogen-bond donors (Lipinski definition) is 0. The summed E-state index contributed by atoms with van der Waals surface area (Å²) in [5, 5.41) is 2.25. The van der Waals surface area contributed by atoms with Gasteiger partial charge in [0.1, 0.15) is 0 Å². The SMILES string of the molecule is CCCC1=C(C)c2sccc2C1CCC. The van der Waals surface area contributed by atoms with E-state index in [0.29, 0.717) is 0 Å². The molecule has 0 bridgehead atoms. The first-order chi connectivity index (χ1) is 7.29. The molecule has 0 aromatic carbocycles. The summed E-state index contributed by atoms with van der Waals surface area (Å²) >= 11 is 1.92. The van der Waals surface area contributed by atoms with E-state index in [1.54, 1.807) is 21.6 Å². The van der Waals surface area contributed by atoms with Crippen LogP contribution in [0.2, 0.25) is 0 Å². The van der Waals surface area contributed by atoms with Crippen LogP contribution < -0.4 is 0 Å². The minimum absolute atomic E-state index is 0.746. The maximum absolute atomic E-state index is 2.34. The van der Waals surface area contributed by atoms with Crippen molar-refractivity contribution in [2.24, 2.45) is 0 Å². The van der Waals surface area contributed by atoms with Crippen LogP contribution in [0.1, 0.15) is 62.8 Å². The van der Waals surface area contributed by atoms with Gasteiger partial charge >= 0.3 is 0 Å². The number of fused-ring (bicyclic) bond motifs is 1. The van der Waals surface area contributed by atoms with Crippen molar-refractivity contribution in [3.05, 3.63) is 27.5 Å². The summed E-state index contributed by atoms with van der Waals surface area (Å²) < 4.78 is 0. The third-order valence-electron chi connectivity index (χ3n) is 3.41. The lowest BCUT2D eigenvalue weighted by Gasteiger charge is -2.14. The van der Waals surface area contributed by atoms with E-state index in [9.17, 15) is 0 Å². The predicted octanol–water partition coefficient (Wildman–Crippen LogP) is 5.22. The highest BCUT2D eigenvalue weighted by molar-refractivity contribution is 7.11. The Labute approximate surface area is 97.0 Å². The summed E-state index contributed by atoms with van der Waals surface area (Å²) in [5.41, 5.74) is 4.92. The summed E-state index contributed by atoms with van der Waals surface area (Å²) in [6.07, 6.45) is 5.19. The maximum atomic E-state index is 2.34. The first kappa shape index (κ1) is 10.9. The molecule has 2 rings (SSSR count). The fraction of sp³-hybridized carbons (Fsp3) is 0.571. The minimum atomic E-state index is 0.746. The van der Waals surface area contributed by atoms with Crippen LogP contribution >= 0.6 is 11.3 Å². The molecular formula is C14H20S. The van der Waals surface area contributed by atoms with Crippen LogP contribution in [0, 0.1) is 0 Å². The molecule has 15 heavy (non-hydrogen) atoms. The van der Waals surface area contributed by atoms with E-state index in [4.69, 9.17) is 0 Å². The van der Waals surface area contributed by atoms with Gasteiger partial charge in [0.05, 0.1) is 0 Å². The molecule has 82 valence electrons. The lowest BCUT2D eigenvalue weighted by molar-refractivity contribution is 0.666. The van der Waals surface area contributed by atoms with Crippen LogP contribution in [0.25, 0.3) is 5.57 Å². The highest BCUT2D eigenvalue weighted by Crippen LogP contribution is 2.48. The zero-order valence-electron chi connectivity index (χ0n) is 9.97. The molecule has 0 radical (unpaired) electrons. The van der Waals surface area contributed by atoms with E-state index >= 15 is 0 Å². The van der Waals surface area contributed by atoms with Crippen molar-refractivity contribution in [3.63, 3.8) is 0 Å². The molecular weight excluding hydrogens is 200 g/mol. The molecule has 0 amide bonds. The van der Waals surface area contributed by atoms with Crippen LogP contribution in [-0.2, 0) is 0 Å². The Morgan fingerprint density at radius 3 is 2.73 bits per heavy atom. The molecule has 1 aromatic rings. The molecule has 0 saturated carbocycles. The molecule has 0 nitrogen and oxygen atoms in total. The fourth-order valence-corrected chi connectivity index (χ4v) is 3.75. The molecule has 1 atom stereocenters. The van der Waals surface area contributed by atoms with E-state index in [2.05, 4.69) is 32.2 Å². The van der Waals surface area contributed by atoms with Crippen molar-refractivity contribution >= 4 is 16.9 Å². The van der Waals surface area contributed by atoms with Crippen LogP contribution in [0.3, 0.4) is 0 Å². The van der Waals surface area contributed by atoms with Crippen LogP contribution in [0.15, 0.2) is 17.0 Å². The van der Waals surface area contributed by atoms with Crippen molar-refractivity contribution in [2.45, 2.75) is 52.4 Å². The lowest BCUT2D eigenvalue weighted by Crippen LogP contribution is -1.97. The quantitative estimate of drug-likeness (QED) is 0.652. The summed E-state index contributed by atoms with van der Waals surface area (Å²) in [6, 6.07) is 2.34. The van der Waals surface area contributed by atoms with Crippen molar-refractivity contribution in [2.75, 3.05) is 0 Å². The molecule has 1 aliphatic carbocycles. The van der Waals surface area contributed by atoms with E-state index in [-0.39, 0.29) is 0 Å². The number of rotatable bonds is 4. The summed E-state index contributed by atoms with van der Waals surface area (Å²) in [4.78, 5) is 1.57. The summed E-state index contributed by atoms with van der Waals surface area (Å²) in [7, 11) is 0. The van der Waals surface area contributed by atoms with E-state index in [0.717, 1.165) is 5.92 Å². The second kappa shape index (κ2) is 4.52. The monoisotopic (exact) mass is 220 g/mol. The Morgan fingerprint density at radius 2 is 2.07 bits per heavy atom. The van der Waals surface area contributed by atoms with Gasteiger partial charge in [0.15, 0.2) is 0 Å². The third-order valence-corrected chi connectivity index (χ3v) is 4.46. The Balaban J connectivity index is 2.35. The van der Waals surface area contributed by atoms with Crippen molar-refractivity contribution < 1.29 is 0 Å².